The predicted octanol–water partition coefficient (Wildman–Crippen LogP) is -0.258. The molecule has 3 aliphatic rings. The van der Waals surface area contributed by atoms with Crippen LogP contribution in [0.15, 0.2) is 16.5 Å². The largest absolute Gasteiger partial charge is 0.391 e. The van der Waals surface area contributed by atoms with Crippen molar-refractivity contribution in [1.82, 2.24) is 10.2 Å². The molecule has 1 amide bonds. The van der Waals surface area contributed by atoms with Gasteiger partial charge in [-0.1, -0.05) is 6.08 Å². The van der Waals surface area contributed by atoms with Crippen molar-refractivity contribution in [3.63, 3.8) is 0 Å². The summed E-state index contributed by atoms with van der Waals surface area (Å²) in [5.74, 6) is -0.371. The lowest BCUT2D eigenvalue weighted by Crippen LogP contribution is -2.45. The Bertz CT molecular complexity index is 479. The average Bonchev–Trinajstić information content (AvgIpc) is 3.03. The molecule has 0 bridgehead atoms. The summed E-state index contributed by atoms with van der Waals surface area (Å²) in [7, 11) is 0. The zero-order valence-corrected chi connectivity index (χ0v) is 11.8. The molecule has 7 heteroatoms. The minimum absolute atomic E-state index is 0.0367. The molecule has 0 aliphatic carbocycles. The van der Waals surface area contributed by atoms with Crippen LogP contribution in [0.2, 0.25) is 0 Å². The van der Waals surface area contributed by atoms with Gasteiger partial charge in [-0.2, -0.15) is 0 Å². The summed E-state index contributed by atoms with van der Waals surface area (Å²) >= 11 is 1.52. The Morgan fingerprint density at radius 3 is 3.20 bits per heavy atom. The van der Waals surface area contributed by atoms with Gasteiger partial charge in [0.2, 0.25) is 5.91 Å². The number of aliphatic hydroxyl groups is 1. The molecule has 3 rings (SSSR count). The summed E-state index contributed by atoms with van der Waals surface area (Å²) in [5, 5.41) is 14.6. The zero-order chi connectivity index (χ0) is 14.1. The molecule has 108 valence electrons. The highest BCUT2D eigenvalue weighted by molar-refractivity contribution is 8.03. The number of rotatable bonds is 4. The third-order valence-corrected chi connectivity index (χ3v) is 4.85. The van der Waals surface area contributed by atoms with E-state index in [4.69, 9.17) is 0 Å². The second kappa shape index (κ2) is 5.67. The SMILES string of the molecule is O=C(C[C@H]1NCC[C@@H]1O)CN1C=NC2SC=CC2C1=O. The lowest BCUT2D eigenvalue weighted by atomic mass is 10.0. The van der Waals surface area contributed by atoms with E-state index in [0.717, 1.165) is 6.54 Å². The van der Waals surface area contributed by atoms with E-state index in [1.165, 1.54) is 23.0 Å². The molecule has 1 saturated heterocycles. The molecule has 2 N–H and O–H groups in total. The maximum absolute atomic E-state index is 12.2. The van der Waals surface area contributed by atoms with Crippen LogP contribution in [0.3, 0.4) is 0 Å². The molecular weight excluding hydrogens is 278 g/mol. The van der Waals surface area contributed by atoms with Gasteiger partial charge in [0.15, 0.2) is 5.78 Å². The van der Waals surface area contributed by atoms with E-state index in [2.05, 4.69) is 10.3 Å². The van der Waals surface area contributed by atoms with E-state index in [1.54, 1.807) is 0 Å². The van der Waals surface area contributed by atoms with Crippen molar-refractivity contribution in [3.8, 4) is 0 Å². The smallest absolute Gasteiger partial charge is 0.238 e. The van der Waals surface area contributed by atoms with Gasteiger partial charge in [-0.15, -0.1) is 11.8 Å². The summed E-state index contributed by atoms with van der Waals surface area (Å²) in [6.07, 6.45) is 3.77. The molecule has 0 radical (unpaired) electrons. The number of carbonyl (C=O) groups is 2. The van der Waals surface area contributed by atoms with Crippen molar-refractivity contribution < 1.29 is 14.7 Å². The molecule has 20 heavy (non-hydrogen) atoms. The van der Waals surface area contributed by atoms with E-state index in [-0.39, 0.29) is 42.0 Å². The highest BCUT2D eigenvalue weighted by atomic mass is 32.2. The van der Waals surface area contributed by atoms with Gasteiger partial charge >= 0.3 is 0 Å². The average molecular weight is 295 g/mol. The van der Waals surface area contributed by atoms with E-state index >= 15 is 0 Å². The Hall–Kier alpha value is -1.18. The van der Waals surface area contributed by atoms with E-state index in [1.807, 2.05) is 11.5 Å². The molecule has 3 heterocycles. The number of nitrogens with one attached hydrogen (secondary N) is 1. The predicted molar refractivity (Wildman–Crippen MR) is 76.3 cm³/mol. The lowest BCUT2D eigenvalue weighted by Gasteiger charge is -2.27. The Morgan fingerprint density at radius 1 is 1.60 bits per heavy atom. The van der Waals surface area contributed by atoms with Crippen LogP contribution in [-0.2, 0) is 9.59 Å². The molecule has 0 saturated carbocycles. The molecule has 3 aliphatic heterocycles. The topological polar surface area (TPSA) is 82.0 Å². The fourth-order valence-electron chi connectivity index (χ4n) is 2.70. The van der Waals surface area contributed by atoms with Gasteiger partial charge in [0.25, 0.3) is 0 Å². The molecule has 0 aromatic heterocycles. The third-order valence-electron chi connectivity index (χ3n) is 3.84. The summed E-state index contributed by atoms with van der Waals surface area (Å²) in [6, 6.07) is -0.186. The van der Waals surface area contributed by atoms with Gasteiger partial charge in [0.05, 0.1) is 24.9 Å². The fourth-order valence-corrected chi connectivity index (χ4v) is 3.62. The molecule has 0 aromatic carbocycles. The van der Waals surface area contributed by atoms with Crippen LogP contribution >= 0.6 is 11.8 Å². The van der Waals surface area contributed by atoms with Crippen molar-refractivity contribution in [2.45, 2.75) is 30.4 Å². The fraction of sp³-hybridized carbons (Fsp3) is 0.615. The maximum atomic E-state index is 12.2. The number of Topliss-reactive ketones (excluding diaryl/α,β-unsaturated/α-hetero) is 1. The first kappa shape index (κ1) is 13.8. The number of thioether (sulfide) groups is 1. The highest BCUT2D eigenvalue weighted by Gasteiger charge is 2.36. The first-order valence-electron chi connectivity index (χ1n) is 6.74. The number of amides is 1. The van der Waals surface area contributed by atoms with Crippen molar-refractivity contribution >= 4 is 29.8 Å². The van der Waals surface area contributed by atoms with Crippen molar-refractivity contribution in [3.05, 3.63) is 11.5 Å². The molecule has 4 atom stereocenters. The van der Waals surface area contributed by atoms with Gasteiger partial charge in [-0.3, -0.25) is 19.5 Å². The third kappa shape index (κ3) is 2.65. The summed E-state index contributed by atoms with van der Waals surface area (Å²) in [4.78, 5) is 29.9. The van der Waals surface area contributed by atoms with Gasteiger partial charge in [-0.05, 0) is 18.4 Å². The number of hydrogen-bond donors (Lipinski definition) is 2. The van der Waals surface area contributed by atoms with Crippen molar-refractivity contribution in [1.29, 1.82) is 0 Å². The van der Waals surface area contributed by atoms with Gasteiger partial charge < -0.3 is 10.4 Å². The van der Waals surface area contributed by atoms with E-state index in [0.29, 0.717) is 6.42 Å². The number of nitrogens with zero attached hydrogens (tertiary/aromatic N) is 2. The highest BCUT2D eigenvalue weighted by Crippen LogP contribution is 2.33. The first-order valence-corrected chi connectivity index (χ1v) is 7.68. The summed E-state index contributed by atoms with van der Waals surface area (Å²) in [6.45, 7) is 0.768. The Balaban J connectivity index is 1.57. The second-order valence-corrected chi connectivity index (χ2v) is 6.30. The summed E-state index contributed by atoms with van der Waals surface area (Å²) in [5.41, 5.74) is 0. The number of aliphatic imine (C=N–C) groups is 1. The number of carbonyl (C=O) groups excluding carboxylic acids is 2. The van der Waals surface area contributed by atoms with Crippen LogP contribution < -0.4 is 5.32 Å². The zero-order valence-electron chi connectivity index (χ0n) is 10.9. The molecular formula is C13H17N3O3S. The monoisotopic (exact) mass is 295 g/mol. The van der Waals surface area contributed by atoms with Crippen molar-refractivity contribution in [2.24, 2.45) is 10.9 Å². The van der Waals surface area contributed by atoms with E-state index < -0.39 is 6.10 Å². The molecule has 1 fully saturated rings. The van der Waals surface area contributed by atoms with Gasteiger partial charge in [-0.25, -0.2) is 0 Å². The van der Waals surface area contributed by atoms with Crippen LogP contribution in [0.4, 0.5) is 0 Å². The molecule has 0 spiro atoms. The van der Waals surface area contributed by atoms with Crippen LogP contribution in [0.1, 0.15) is 12.8 Å². The molecule has 0 aromatic rings. The minimum atomic E-state index is -0.469. The second-order valence-electron chi connectivity index (χ2n) is 5.27. The Morgan fingerprint density at radius 2 is 2.45 bits per heavy atom. The van der Waals surface area contributed by atoms with Crippen LogP contribution in [-0.4, -0.2) is 58.6 Å². The lowest BCUT2D eigenvalue weighted by molar-refractivity contribution is -0.134. The van der Waals surface area contributed by atoms with Crippen LogP contribution in [0, 0.1) is 5.92 Å². The quantitative estimate of drug-likeness (QED) is 0.747. The maximum Gasteiger partial charge on any atom is 0.238 e. The number of fused-ring (bicyclic) bond motifs is 1. The molecule has 2 unspecified atom stereocenters. The van der Waals surface area contributed by atoms with E-state index in [9.17, 15) is 14.7 Å². The first-order chi connectivity index (χ1) is 9.65. The van der Waals surface area contributed by atoms with Gasteiger partial charge in [0, 0.05) is 12.5 Å². The van der Waals surface area contributed by atoms with Crippen LogP contribution in [0.25, 0.3) is 0 Å². The van der Waals surface area contributed by atoms with Crippen LogP contribution in [0.5, 0.6) is 0 Å². The Labute approximate surface area is 121 Å². The van der Waals surface area contributed by atoms with Crippen molar-refractivity contribution in [2.75, 3.05) is 13.1 Å². The Kier molecular flexibility index (Phi) is 3.91. The normalized spacial score (nSPS) is 35.6. The summed E-state index contributed by atoms with van der Waals surface area (Å²) < 4.78 is 0. The standard InChI is InChI=1S/C13H17N3O3S/c17-8(5-10-11(18)1-3-14-10)6-16-7-15-12-9(13(16)19)2-4-20-12/h2,4,7,9-12,14,18H,1,3,5-6H2/t9?,10-,11+,12?/m1/s1. The number of hydrogen-bond acceptors (Lipinski definition) is 6. The molecule has 6 nitrogen and oxygen atoms in total. The number of ketones is 1. The number of aliphatic hydroxyl groups excluding tert-OH is 1. The minimum Gasteiger partial charge on any atom is -0.391 e. The van der Waals surface area contributed by atoms with Gasteiger partial charge in [0.1, 0.15) is 5.37 Å².